The fourth-order valence-electron chi connectivity index (χ4n) is 1.39. The van der Waals surface area contributed by atoms with Gasteiger partial charge in [-0.15, -0.1) is 0 Å². The van der Waals surface area contributed by atoms with Crippen molar-refractivity contribution in [1.82, 2.24) is 9.97 Å². The van der Waals surface area contributed by atoms with Gasteiger partial charge < -0.3 is 5.32 Å². The number of nitrogens with zero attached hydrogens (tertiary/aromatic N) is 2. The van der Waals surface area contributed by atoms with Gasteiger partial charge >= 0.3 is 0 Å². The molecule has 0 saturated heterocycles. The van der Waals surface area contributed by atoms with E-state index in [1.807, 2.05) is 37.3 Å². The maximum absolute atomic E-state index is 5.84. The molecule has 0 aliphatic carbocycles. The predicted molar refractivity (Wildman–Crippen MR) is 65.5 cm³/mol. The number of benzene rings is 1. The van der Waals surface area contributed by atoms with Crippen LogP contribution >= 0.6 is 11.6 Å². The summed E-state index contributed by atoms with van der Waals surface area (Å²) >= 11 is 5.84. The third-order valence-electron chi connectivity index (χ3n) is 2.12. The summed E-state index contributed by atoms with van der Waals surface area (Å²) in [6, 6.07) is 11.8. The van der Waals surface area contributed by atoms with Crippen molar-refractivity contribution in [1.29, 1.82) is 0 Å². The zero-order valence-electron chi connectivity index (χ0n) is 8.94. The summed E-state index contributed by atoms with van der Waals surface area (Å²) in [7, 11) is 0. The molecule has 4 heteroatoms. The van der Waals surface area contributed by atoms with Gasteiger partial charge in [0.2, 0.25) is 5.95 Å². The van der Waals surface area contributed by atoms with E-state index in [-0.39, 0.29) is 0 Å². The Morgan fingerprint density at radius 1 is 1.19 bits per heavy atom. The lowest BCUT2D eigenvalue weighted by molar-refractivity contribution is 1.03. The zero-order chi connectivity index (χ0) is 11.4. The molecule has 0 aliphatic rings. The van der Waals surface area contributed by atoms with E-state index in [2.05, 4.69) is 15.3 Å². The highest BCUT2D eigenvalue weighted by Crippen LogP contribution is 2.10. The van der Waals surface area contributed by atoms with Gasteiger partial charge in [-0.05, 0) is 18.6 Å². The quantitative estimate of drug-likeness (QED) is 0.828. The zero-order valence-corrected chi connectivity index (χ0v) is 9.70. The van der Waals surface area contributed by atoms with E-state index in [0.717, 1.165) is 5.69 Å². The first-order chi connectivity index (χ1) is 7.74. The van der Waals surface area contributed by atoms with E-state index in [9.17, 15) is 0 Å². The Kier molecular flexibility index (Phi) is 3.37. The van der Waals surface area contributed by atoms with Crippen molar-refractivity contribution in [3.8, 4) is 0 Å². The summed E-state index contributed by atoms with van der Waals surface area (Å²) in [5.41, 5.74) is 2.04. The molecule has 0 saturated carbocycles. The maximum atomic E-state index is 5.84. The molecule has 0 radical (unpaired) electrons. The van der Waals surface area contributed by atoms with Gasteiger partial charge in [0.1, 0.15) is 5.15 Å². The fraction of sp³-hybridized carbons (Fsp3) is 0.167. The molecule has 2 rings (SSSR count). The van der Waals surface area contributed by atoms with Crippen LogP contribution in [0.5, 0.6) is 0 Å². The molecule has 0 bridgehead atoms. The Hall–Kier alpha value is -1.61. The highest BCUT2D eigenvalue weighted by Gasteiger charge is 1.99. The van der Waals surface area contributed by atoms with Crippen molar-refractivity contribution in [3.63, 3.8) is 0 Å². The molecule has 2 aromatic rings. The van der Waals surface area contributed by atoms with Crippen LogP contribution in [-0.2, 0) is 6.54 Å². The summed E-state index contributed by atoms with van der Waals surface area (Å²) in [6.45, 7) is 2.59. The topological polar surface area (TPSA) is 37.8 Å². The minimum atomic E-state index is 0.461. The Balaban J connectivity index is 2.05. The molecule has 3 nitrogen and oxygen atoms in total. The van der Waals surface area contributed by atoms with Crippen LogP contribution in [0.4, 0.5) is 5.95 Å². The Bertz CT molecular complexity index is 451. The fourth-order valence-corrected chi connectivity index (χ4v) is 1.62. The molecule has 0 atom stereocenters. The normalized spacial score (nSPS) is 10.1. The second kappa shape index (κ2) is 4.94. The van der Waals surface area contributed by atoms with E-state index in [1.165, 1.54) is 5.56 Å². The number of nitrogens with one attached hydrogen (secondary N) is 1. The molecule has 1 aromatic carbocycles. The molecule has 0 fully saturated rings. The van der Waals surface area contributed by atoms with Crippen molar-refractivity contribution >= 4 is 17.5 Å². The van der Waals surface area contributed by atoms with Crippen LogP contribution in [0.15, 0.2) is 36.4 Å². The molecule has 0 amide bonds. The van der Waals surface area contributed by atoms with Crippen molar-refractivity contribution < 1.29 is 0 Å². The van der Waals surface area contributed by atoms with Gasteiger partial charge in [0.25, 0.3) is 0 Å². The third-order valence-corrected chi connectivity index (χ3v) is 2.31. The molecule has 0 unspecified atom stereocenters. The molecular formula is C12H12ClN3. The first-order valence-corrected chi connectivity index (χ1v) is 5.41. The largest absolute Gasteiger partial charge is 0.350 e. The number of hydrogen-bond acceptors (Lipinski definition) is 3. The lowest BCUT2D eigenvalue weighted by atomic mass is 10.2. The molecular weight excluding hydrogens is 222 g/mol. The lowest BCUT2D eigenvalue weighted by Crippen LogP contribution is -2.04. The van der Waals surface area contributed by atoms with E-state index in [0.29, 0.717) is 17.6 Å². The van der Waals surface area contributed by atoms with E-state index in [1.54, 1.807) is 6.07 Å². The summed E-state index contributed by atoms with van der Waals surface area (Å²) in [5, 5.41) is 3.60. The van der Waals surface area contributed by atoms with Crippen LogP contribution in [0, 0.1) is 6.92 Å². The summed E-state index contributed by atoms with van der Waals surface area (Å²) in [5.74, 6) is 0.564. The van der Waals surface area contributed by atoms with Gasteiger partial charge in [-0.2, -0.15) is 0 Å². The average Bonchev–Trinajstić information content (AvgIpc) is 2.27. The van der Waals surface area contributed by atoms with Gasteiger partial charge in [0.05, 0.1) is 0 Å². The smallest absolute Gasteiger partial charge is 0.224 e. The standard InChI is InChI=1S/C12H12ClN3/c1-9-7-11(13)16-12(15-9)14-8-10-5-3-2-4-6-10/h2-7H,8H2,1H3,(H,14,15,16). The molecule has 0 spiro atoms. The number of anilines is 1. The minimum Gasteiger partial charge on any atom is -0.350 e. The van der Waals surface area contributed by atoms with Gasteiger partial charge in [-0.25, -0.2) is 9.97 Å². The second-order valence-corrected chi connectivity index (χ2v) is 3.88. The first-order valence-electron chi connectivity index (χ1n) is 5.03. The molecule has 1 N–H and O–H groups in total. The Morgan fingerprint density at radius 2 is 1.94 bits per heavy atom. The van der Waals surface area contributed by atoms with E-state index in [4.69, 9.17) is 11.6 Å². The van der Waals surface area contributed by atoms with Gasteiger partial charge in [-0.3, -0.25) is 0 Å². The average molecular weight is 234 g/mol. The highest BCUT2D eigenvalue weighted by molar-refractivity contribution is 6.29. The van der Waals surface area contributed by atoms with Crippen LogP contribution in [0.3, 0.4) is 0 Å². The lowest BCUT2D eigenvalue weighted by Gasteiger charge is -2.05. The van der Waals surface area contributed by atoms with Crippen molar-refractivity contribution in [2.75, 3.05) is 5.32 Å². The second-order valence-electron chi connectivity index (χ2n) is 3.49. The summed E-state index contributed by atoms with van der Waals surface area (Å²) < 4.78 is 0. The number of aryl methyl sites for hydroxylation is 1. The summed E-state index contributed by atoms with van der Waals surface area (Å²) in [4.78, 5) is 8.33. The predicted octanol–water partition coefficient (Wildman–Crippen LogP) is 3.05. The number of halogens is 1. The van der Waals surface area contributed by atoms with Crippen LogP contribution in [0.2, 0.25) is 5.15 Å². The number of hydrogen-bond donors (Lipinski definition) is 1. The van der Waals surface area contributed by atoms with Crippen LogP contribution in [0.25, 0.3) is 0 Å². The monoisotopic (exact) mass is 233 g/mol. The highest BCUT2D eigenvalue weighted by atomic mass is 35.5. The molecule has 82 valence electrons. The molecule has 0 aliphatic heterocycles. The Labute approximate surface area is 99.5 Å². The van der Waals surface area contributed by atoms with Crippen LogP contribution in [-0.4, -0.2) is 9.97 Å². The molecule has 1 heterocycles. The van der Waals surface area contributed by atoms with Crippen LogP contribution < -0.4 is 5.32 Å². The SMILES string of the molecule is Cc1cc(Cl)nc(NCc2ccccc2)n1. The van der Waals surface area contributed by atoms with E-state index < -0.39 is 0 Å². The number of aromatic nitrogens is 2. The third kappa shape index (κ3) is 2.94. The molecule has 1 aromatic heterocycles. The van der Waals surface area contributed by atoms with Gasteiger partial charge in [-0.1, -0.05) is 41.9 Å². The molecule has 16 heavy (non-hydrogen) atoms. The number of rotatable bonds is 3. The van der Waals surface area contributed by atoms with Gasteiger partial charge in [0.15, 0.2) is 0 Å². The maximum Gasteiger partial charge on any atom is 0.224 e. The minimum absolute atomic E-state index is 0.461. The van der Waals surface area contributed by atoms with Gasteiger partial charge in [0, 0.05) is 12.2 Å². The summed E-state index contributed by atoms with van der Waals surface area (Å²) in [6.07, 6.45) is 0. The van der Waals surface area contributed by atoms with Crippen molar-refractivity contribution in [2.45, 2.75) is 13.5 Å². The Morgan fingerprint density at radius 3 is 2.62 bits per heavy atom. The van der Waals surface area contributed by atoms with Crippen LogP contribution in [0.1, 0.15) is 11.3 Å². The van der Waals surface area contributed by atoms with E-state index >= 15 is 0 Å². The first kappa shape index (κ1) is 10.9. The van der Waals surface area contributed by atoms with Crippen molar-refractivity contribution in [3.05, 3.63) is 52.8 Å². The van der Waals surface area contributed by atoms with Crippen molar-refractivity contribution in [2.24, 2.45) is 0 Å².